The van der Waals surface area contributed by atoms with Gasteiger partial charge >= 0.3 is 0 Å². The summed E-state index contributed by atoms with van der Waals surface area (Å²) < 4.78 is 1.80. The quantitative estimate of drug-likeness (QED) is 0.881. The fourth-order valence-electron chi connectivity index (χ4n) is 2.10. The Labute approximate surface area is 125 Å². The molecule has 0 bridgehead atoms. The number of aryl methyl sites for hydroxylation is 1. The molecular formula is C16H22N4O. The number of aromatic nitrogens is 2. The molecule has 0 aliphatic carbocycles. The van der Waals surface area contributed by atoms with Crippen molar-refractivity contribution in [2.75, 3.05) is 13.6 Å². The highest BCUT2D eigenvalue weighted by Gasteiger charge is 2.15. The van der Waals surface area contributed by atoms with Gasteiger partial charge in [-0.2, -0.15) is 5.10 Å². The van der Waals surface area contributed by atoms with Crippen molar-refractivity contribution in [3.8, 4) is 5.69 Å². The number of likely N-dealkylation sites (N-methyl/N-ethyl adjacent to an activating group) is 1. The first-order valence-electron chi connectivity index (χ1n) is 7.10. The van der Waals surface area contributed by atoms with Crippen LogP contribution < -0.4 is 10.6 Å². The van der Waals surface area contributed by atoms with Crippen molar-refractivity contribution in [3.63, 3.8) is 0 Å². The van der Waals surface area contributed by atoms with Crippen LogP contribution in [0.25, 0.3) is 5.69 Å². The Morgan fingerprint density at radius 3 is 2.81 bits per heavy atom. The zero-order valence-electron chi connectivity index (χ0n) is 13.0. The molecule has 0 saturated heterocycles. The second kappa shape index (κ2) is 6.54. The van der Waals surface area contributed by atoms with Crippen molar-refractivity contribution >= 4 is 5.91 Å². The van der Waals surface area contributed by atoms with Crippen LogP contribution in [0.4, 0.5) is 0 Å². The number of benzene rings is 1. The van der Waals surface area contributed by atoms with Crippen LogP contribution in [0.5, 0.6) is 0 Å². The van der Waals surface area contributed by atoms with Crippen LogP contribution in [0.1, 0.15) is 28.5 Å². The zero-order valence-corrected chi connectivity index (χ0v) is 13.0. The molecule has 1 heterocycles. The minimum absolute atomic E-state index is 0.0893. The Morgan fingerprint density at radius 1 is 1.38 bits per heavy atom. The largest absolute Gasteiger partial charge is 0.350 e. The molecule has 2 aromatic rings. The van der Waals surface area contributed by atoms with Gasteiger partial charge in [-0.3, -0.25) is 4.79 Å². The number of rotatable bonds is 5. The molecule has 0 saturated carbocycles. The molecule has 2 rings (SSSR count). The lowest BCUT2D eigenvalue weighted by molar-refractivity contribution is 0.0950. The number of carbonyl (C=O) groups excluding carboxylic acids is 1. The smallest absolute Gasteiger partial charge is 0.254 e. The third kappa shape index (κ3) is 3.49. The van der Waals surface area contributed by atoms with Crippen LogP contribution >= 0.6 is 0 Å². The summed E-state index contributed by atoms with van der Waals surface area (Å²) in [6, 6.07) is 8.29. The molecule has 5 nitrogen and oxygen atoms in total. The molecule has 1 aromatic heterocycles. The normalized spacial score (nSPS) is 12.2. The van der Waals surface area contributed by atoms with Crippen molar-refractivity contribution in [1.29, 1.82) is 0 Å². The van der Waals surface area contributed by atoms with E-state index in [1.165, 1.54) is 0 Å². The maximum atomic E-state index is 12.2. The van der Waals surface area contributed by atoms with Gasteiger partial charge in [0.05, 0.1) is 23.1 Å². The lowest BCUT2D eigenvalue weighted by Gasteiger charge is -2.11. The van der Waals surface area contributed by atoms with E-state index in [9.17, 15) is 4.79 Å². The summed E-state index contributed by atoms with van der Waals surface area (Å²) in [5.41, 5.74) is 3.58. The van der Waals surface area contributed by atoms with Crippen LogP contribution in [0.2, 0.25) is 0 Å². The number of hydrogen-bond donors (Lipinski definition) is 2. The van der Waals surface area contributed by atoms with E-state index in [0.29, 0.717) is 12.1 Å². The molecule has 2 N–H and O–H groups in total. The molecule has 1 unspecified atom stereocenters. The molecule has 5 heteroatoms. The van der Waals surface area contributed by atoms with Crippen molar-refractivity contribution in [1.82, 2.24) is 20.4 Å². The minimum atomic E-state index is -0.0893. The molecule has 0 spiro atoms. The first-order valence-corrected chi connectivity index (χ1v) is 7.10. The molecule has 112 valence electrons. The maximum absolute atomic E-state index is 12.2. The van der Waals surface area contributed by atoms with Crippen LogP contribution in [-0.2, 0) is 0 Å². The third-order valence-corrected chi connectivity index (χ3v) is 3.56. The van der Waals surface area contributed by atoms with Crippen LogP contribution in [-0.4, -0.2) is 35.3 Å². The van der Waals surface area contributed by atoms with Gasteiger partial charge in [-0.05, 0) is 45.5 Å². The molecule has 0 aliphatic heterocycles. The predicted octanol–water partition coefficient (Wildman–Crippen LogP) is 1.83. The van der Waals surface area contributed by atoms with Gasteiger partial charge in [0.25, 0.3) is 5.91 Å². The van der Waals surface area contributed by atoms with E-state index in [1.807, 2.05) is 52.1 Å². The Morgan fingerprint density at radius 2 is 2.14 bits per heavy atom. The zero-order chi connectivity index (χ0) is 15.4. The summed E-state index contributed by atoms with van der Waals surface area (Å²) in [6.45, 7) is 6.55. The van der Waals surface area contributed by atoms with E-state index in [0.717, 1.165) is 16.9 Å². The topological polar surface area (TPSA) is 58.9 Å². The summed E-state index contributed by atoms with van der Waals surface area (Å²) in [6.07, 6.45) is 1.62. The Balaban J connectivity index is 2.19. The first-order chi connectivity index (χ1) is 10.0. The lowest BCUT2D eigenvalue weighted by Crippen LogP contribution is -2.37. The summed E-state index contributed by atoms with van der Waals surface area (Å²) in [5, 5.41) is 10.3. The summed E-state index contributed by atoms with van der Waals surface area (Å²) in [4.78, 5) is 12.2. The van der Waals surface area contributed by atoms with E-state index >= 15 is 0 Å². The number of nitrogens with one attached hydrogen (secondary N) is 2. The van der Waals surface area contributed by atoms with Gasteiger partial charge < -0.3 is 10.6 Å². The average molecular weight is 286 g/mol. The maximum Gasteiger partial charge on any atom is 0.254 e. The van der Waals surface area contributed by atoms with Crippen molar-refractivity contribution < 1.29 is 4.79 Å². The van der Waals surface area contributed by atoms with E-state index in [-0.39, 0.29) is 11.9 Å². The molecule has 0 radical (unpaired) electrons. The van der Waals surface area contributed by atoms with E-state index < -0.39 is 0 Å². The Kier molecular flexibility index (Phi) is 4.75. The number of amides is 1. The first kappa shape index (κ1) is 15.3. The fourth-order valence-corrected chi connectivity index (χ4v) is 2.10. The van der Waals surface area contributed by atoms with Gasteiger partial charge in [0.15, 0.2) is 0 Å². The molecule has 1 amide bonds. The standard InChI is InChI=1S/C16H22N4O/c1-11-6-5-7-14(8-11)20-13(3)15(10-19-20)16(21)18-9-12(2)17-4/h5-8,10,12,17H,9H2,1-4H3,(H,18,21). The monoisotopic (exact) mass is 286 g/mol. The van der Waals surface area contributed by atoms with Crippen LogP contribution in [0.3, 0.4) is 0 Å². The van der Waals surface area contributed by atoms with Crippen molar-refractivity contribution in [2.24, 2.45) is 0 Å². The SMILES string of the molecule is CNC(C)CNC(=O)c1cnn(-c2cccc(C)c2)c1C. The Bertz CT molecular complexity index is 633. The van der Waals surface area contributed by atoms with E-state index in [4.69, 9.17) is 0 Å². The summed E-state index contributed by atoms with van der Waals surface area (Å²) >= 11 is 0. The van der Waals surface area contributed by atoms with Crippen molar-refractivity contribution in [3.05, 3.63) is 47.3 Å². The fraction of sp³-hybridized carbons (Fsp3) is 0.375. The second-order valence-electron chi connectivity index (χ2n) is 5.29. The molecule has 21 heavy (non-hydrogen) atoms. The minimum Gasteiger partial charge on any atom is -0.350 e. The molecular weight excluding hydrogens is 264 g/mol. The van der Waals surface area contributed by atoms with Crippen molar-refractivity contribution in [2.45, 2.75) is 26.8 Å². The lowest BCUT2D eigenvalue weighted by atomic mass is 10.2. The number of carbonyl (C=O) groups is 1. The van der Waals surface area contributed by atoms with Crippen LogP contribution in [0.15, 0.2) is 30.5 Å². The van der Waals surface area contributed by atoms with Gasteiger partial charge in [0, 0.05) is 12.6 Å². The predicted molar refractivity (Wildman–Crippen MR) is 83.9 cm³/mol. The van der Waals surface area contributed by atoms with Gasteiger partial charge in [0.1, 0.15) is 0 Å². The second-order valence-corrected chi connectivity index (χ2v) is 5.29. The summed E-state index contributed by atoms with van der Waals surface area (Å²) in [7, 11) is 1.87. The van der Waals surface area contributed by atoms with Crippen LogP contribution in [0, 0.1) is 13.8 Å². The van der Waals surface area contributed by atoms with Gasteiger partial charge in [-0.25, -0.2) is 4.68 Å². The average Bonchev–Trinajstić information content (AvgIpc) is 2.86. The molecule has 0 fully saturated rings. The van der Waals surface area contributed by atoms with E-state index in [1.54, 1.807) is 10.9 Å². The van der Waals surface area contributed by atoms with Gasteiger partial charge in [-0.1, -0.05) is 12.1 Å². The number of hydrogen-bond acceptors (Lipinski definition) is 3. The van der Waals surface area contributed by atoms with Gasteiger partial charge in [-0.15, -0.1) is 0 Å². The highest BCUT2D eigenvalue weighted by molar-refractivity contribution is 5.95. The third-order valence-electron chi connectivity index (χ3n) is 3.56. The molecule has 1 aromatic carbocycles. The Hall–Kier alpha value is -2.14. The van der Waals surface area contributed by atoms with E-state index in [2.05, 4.69) is 15.7 Å². The molecule has 0 aliphatic rings. The summed E-state index contributed by atoms with van der Waals surface area (Å²) in [5.74, 6) is -0.0893. The van der Waals surface area contributed by atoms with Gasteiger partial charge in [0.2, 0.25) is 0 Å². The molecule has 1 atom stereocenters. The number of nitrogens with zero attached hydrogens (tertiary/aromatic N) is 2. The highest BCUT2D eigenvalue weighted by atomic mass is 16.1. The highest BCUT2D eigenvalue weighted by Crippen LogP contribution is 2.15.